The van der Waals surface area contributed by atoms with Crippen molar-refractivity contribution in [2.24, 2.45) is 0 Å². The third kappa shape index (κ3) is 1.23. The largest absolute Gasteiger partial charge is 0.364 e. The molecule has 0 N–H and O–H groups in total. The van der Waals surface area contributed by atoms with E-state index in [1.165, 1.54) is 0 Å². The molecule has 0 aliphatic heterocycles. The average Bonchev–Trinajstić information content (AvgIpc) is 2.56. The molecular formula is C10H8NO. The van der Waals surface area contributed by atoms with Crippen molar-refractivity contribution < 1.29 is 4.52 Å². The summed E-state index contributed by atoms with van der Waals surface area (Å²) in [5.74, 6) is 0. The molecule has 0 saturated heterocycles. The Morgan fingerprint density at radius 2 is 2.17 bits per heavy atom. The standard InChI is InChI=1S/C10H8NO/c1-8-3-2-4-9(7-8)10-5-6-12-11-10/h2-7H,1H2. The Morgan fingerprint density at radius 1 is 1.25 bits per heavy atom. The predicted molar refractivity (Wildman–Crippen MR) is 46.4 cm³/mol. The molecule has 0 unspecified atom stereocenters. The van der Waals surface area contributed by atoms with Gasteiger partial charge in [0.25, 0.3) is 0 Å². The second kappa shape index (κ2) is 2.81. The maximum atomic E-state index is 4.74. The van der Waals surface area contributed by atoms with E-state index in [-0.39, 0.29) is 0 Å². The van der Waals surface area contributed by atoms with E-state index >= 15 is 0 Å². The lowest BCUT2D eigenvalue weighted by atomic mass is 10.1. The van der Waals surface area contributed by atoms with Crippen molar-refractivity contribution in [3.05, 3.63) is 49.1 Å². The molecule has 1 aromatic heterocycles. The van der Waals surface area contributed by atoms with Gasteiger partial charge >= 0.3 is 0 Å². The van der Waals surface area contributed by atoms with Crippen LogP contribution in [0.5, 0.6) is 0 Å². The smallest absolute Gasteiger partial charge is 0.124 e. The summed E-state index contributed by atoms with van der Waals surface area (Å²) in [6, 6.07) is 9.68. The molecule has 1 radical (unpaired) electrons. The normalized spacial score (nSPS) is 10.1. The molecule has 0 aliphatic carbocycles. The number of hydrogen-bond acceptors (Lipinski definition) is 2. The second-order valence-corrected chi connectivity index (χ2v) is 2.59. The summed E-state index contributed by atoms with van der Waals surface area (Å²) in [5.41, 5.74) is 2.87. The first kappa shape index (κ1) is 7.10. The number of nitrogens with zero attached hydrogens (tertiary/aromatic N) is 1. The van der Waals surface area contributed by atoms with E-state index in [1.54, 1.807) is 6.26 Å². The molecule has 0 spiro atoms. The van der Waals surface area contributed by atoms with Crippen molar-refractivity contribution in [3.63, 3.8) is 0 Å². The first-order chi connectivity index (χ1) is 5.86. The number of benzene rings is 1. The van der Waals surface area contributed by atoms with Crippen molar-refractivity contribution in [1.82, 2.24) is 5.16 Å². The van der Waals surface area contributed by atoms with Gasteiger partial charge in [-0.25, -0.2) is 0 Å². The third-order valence-electron chi connectivity index (χ3n) is 1.66. The van der Waals surface area contributed by atoms with Crippen LogP contribution in [0.4, 0.5) is 0 Å². The van der Waals surface area contributed by atoms with E-state index in [4.69, 9.17) is 4.52 Å². The SMILES string of the molecule is [CH2]c1cccc(-c2ccon2)c1. The fourth-order valence-electron chi connectivity index (χ4n) is 1.09. The maximum Gasteiger partial charge on any atom is 0.124 e. The van der Waals surface area contributed by atoms with Gasteiger partial charge in [-0.3, -0.25) is 0 Å². The van der Waals surface area contributed by atoms with E-state index in [1.807, 2.05) is 30.3 Å². The van der Waals surface area contributed by atoms with Crippen LogP contribution in [-0.2, 0) is 0 Å². The van der Waals surface area contributed by atoms with Gasteiger partial charge in [0.2, 0.25) is 0 Å². The van der Waals surface area contributed by atoms with Crippen molar-refractivity contribution in [2.75, 3.05) is 0 Å². The number of rotatable bonds is 1. The van der Waals surface area contributed by atoms with Gasteiger partial charge in [0.05, 0.1) is 0 Å². The highest BCUT2D eigenvalue weighted by Crippen LogP contribution is 2.17. The summed E-state index contributed by atoms with van der Waals surface area (Å²) in [5, 5.41) is 3.82. The minimum Gasteiger partial charge on any atom is -0.364 e. The molecule has 2 aromatic rings. The van der Waals surface area contributed by atoms with Gasteiger partial charge in [-0.15, -0.1) is 0 Å². The number of aromatic nitrogens is 1. The summed E-state index contributed by atoms with van der Waals surface area (Å²) in [4.78, 5) is 0. The van der Waals surface area contributed by atoms with Crippen LogP contribution in [-0.4, -0.2) is 5.16 Å². The van der Waals surface area contributed by atoms with Crippen molar-refractivity contribution >= 4 is 0 Å². The zero-order valence-electron chi connectivity index (χ0n) is 6.53. The highest BCUT2D eigenvalue weighted by atomic mass is 16.5. The molecule has 0 amide bonds. The van der Waals surface area contributed by atoms with E-state index in [0.717, 1.165) is 16.8 Å². The van der Waals surface area contributed by atoms with Crippen LogP contribution in [0, 0.1) is 6.92 Å². The lowest BCUT2D eigenvalue weighted by Gasteiger charge is -1.95. The zero-order chi connectivity index (χ0) is 8.39. The quantitative estimate of drug-likeness (QED) is 0.637. The van der Waals surface area contributed by atoms with Gasteiger partial charge in [-0.05, 0) is 18.6 Å². The van der Waals surface area contributed by atoms with Crippen molar-refractivity contribution in [2.45, 2.75) is 0 Å². The molecule has 12 heavy (non-hydrogen) atoms. The van der Waals surface area contributed by atoms with Gasteiger partial charge in [-0.1, -0.05) is 23.4 Å². The van der Waals surface area contributed by atoms with Crippen LogP contribution >= 0.6 is 0 Å². The molecule has 0 bridgehead atoms. The second-order valence-electron chi connectivity index (χ2n) is 2.59. The molecule has 0 aliphatic rings. The van der Waals surface area contributed by atoms with Gasteiger partial charge in [0, 0.05) is 11.6 Å². The molecule has 0 saturated carbocycles. The topological polar surface area (TPSA) is 26.0 Å². The van der Waals surface area contributed by atoms with Crippen LogP contribution in [0.3, 0.4) is 0 Å². The molecular weight excluding hydrogens is 150 g/mol. The molecule has 0 fully saturated rings. The van der Waals surface area contributed by atoms with Gasteiger partial charge in [-0.2, -0.15) is 0 Å². The van der Waals surface area contributed by atoms with Crippen LogP contribution in [0.1, 0.15) is 5.56 Å². The zero-order valence-corrected chi connectivity index (χ0v) is 6.53. The highest BCUT2D eigenvalue weighted by molar-refractivity contribution is 5.59. The van der Waals surface area contributed by atoms with Gasteiger partial charge in [0.1, 0.15) is 12.0 Å². The van der Waals surface area contributed by atoms with Crippen LogP contribution < -0.4 is 0 Å². The van der Waals surface area contributed by atoms with Crippen LogP contribution in [0.2, 0.25) is 0 Å². The minimum absolute atomic E-state index is 0.848. The summed E-state index contributed by atoms with van der Waals surface area (Å²) >= 11 is 0. The number of hydrogen-bond donors (Lipinski definition) is 0. The lowest BCUT2D eigenvalue weighted by molar-refractivity contribution is 0.422. The highest BCUT2D eigenvalue weighted by Gasteiger charge is 1.99. The maximum absolute atomic E-state index is 4.74. The predicted octanol–water partition coefficient (Wildman–Crippen LogP) is 2.52. The summed E-state index contributed by atoms with van der Waals surface area (Å²) in [6.45, 7) is 3.83. The Morgan fingerprint density at radius 3 is 2.83 bits per heavy atom. The van der Waals surface area contributed by atoms with E-state index in [9.17, 15) is 0 Å². The molecule has 59 valence electrons. The molecule has 1 aromatic carbocycles. The fraction of sp³-hybridized carbons (Fsp3) is 0. The Bertz CT molecular complexity index is 365. The summed E-state index contributed by atoms with van der Waals surface area (Å²) in [7, 11) is 0. The first-order valence-electron chi connectivity index (χ1n) is 3.69. The average molecular weight is 158 g/mol. The van der Waals surface area contributed by atoms with Crippen molar-refractivity contribution in [1.29, 1.82) is 0 Å². The monoisotopic (exact) mass is 158 g/mol. The minimum atomic E-state index is 0.848. The Labute approximate surface area is 70.8 Å². The van der Waals surface area contributed by atoms with E-state index < -0.39 is 0 Å². The Balaban J connectivity index is 2.48. The van der Waals surface area contributed by atoms with Gasteiger partial charge in [0.15, 0.2) is 0 Å². The molecule has 0 atom stereocenters. The Hall–Kier alpha value is -1.57. The summed E-state index contributed by atoms with van der Waals surface area (Å²) in [6.07, 6.45) is 1.56. The Kier molecular flexibility index (Phi) is 1.67. The molecule has 2 heteroatoms. The van der Waals surface area contributed by atoms with Crippen molar-refractivity contribution in [3.8, 4) is 11.3 Å². The van der Waals surface area contributed by atoms with E-state index in [0.29, 0.717) is 0 Å². The van der Waals surface area contributed by atoms with Gasteiger partial charge < -0.3 is 4.52 Å². The molecule has 2 nitrogen and oxygen atoms in total. The van der Waals surface area contributed by atoms with Crippen LogP contribution in [0.15, 0.2) is 41.1 Å². The summed E-state index contributed by atoms with van der Waals surface area (Å²) < 4.78 is 4.74. The third-order valence-corrected chi connectivity index (χ3v) is 1.66. The van der Waals surface area contributed by atoms with Crippen LogP contribution in [0.25, 0.3) is 11.3 Å². The fourth-order valence-corrected chi connectivity index (χ4v) is 1.09. The first-order valence-corrected chi connectivity index (χ1v) is 3.69. The molecule has 1 heterocycles. The lowest BCUT2D eigenvalue weighted by Crippen LogP contribution is -1.77. The molecule has 2 rings (SSSR count). The van der Waals surface area contributed by atoms with E-state index in [2.05, 4.69) is 12.1 Å².